The number of nitrogen functional groups attached to an aromatic ring is 2. The van der Waals surface area contributed by atoms with Crippen LogP contribution in [0.3, 0.4) is 0 Å². The Kier molecular flexibility index (Phi) is 3.82. The van der Waals surface area contributed by atoms with Crippen molar-refractivity contribution in [2.45, 2.75) is 13.8 Å². The summed E-state index contributed by atoms with van der Waals surface area (Å²) in [5.74, 6) is 6.77. The summed E-state index contributed by atoms with van der Waals surface area (Å²) in [5, 5.41) is 0. The van der Waals surface area contributed by atoms with Crippen LogP contribution in [0.15, 0.2) is 30.3 Å². The topological polar surface area (TPSA) is 93.1 Å². The summed E-state index contributed by atoms with van der Waals surface area (Å²) in [6, 6.07) is 9.98. The molecular formula is C13H18N6. The molecule has 0 aliphatic heterocycles. The molecule has 0 unspecified atom stereocenters. The smallest absolute Gasteiger partial charge is 0.224 e. The van der Waals surface area contributed by atoms with E-state index in [0.717, 1.165) is 12.2 Å². The van der Waals surface area contributed by atoms with Crippen molar-refractivity contribution in [3.63, 3.8) is 0 Å². The van der Waals surface area contributed by atoms with E-state index in [1.54, 1.807) is 6.07 Å². The van der Waals surface area contributed by atoms with Crippen LogP contribution in [-0.2, 0) is 0 Å². The van der Waals surface area contributed by atoms with Crippen LogP contribution in [0.1, 0.15) is 12.5 Å². The van der Waals surface area contributed by atoms with Gasteiger partial charge in [-0.05, 0) is 26.0 Å². The molecule has 6 heteroatoms. The molecule has 0 radical (unpaired) electrons. The predicted octanol–water partition coefficient (Wildman–Crippen LogP) is 1.81. The van der Waals surface area contributed by atoms with Crippen molar-refractivity contribution in [2.75, 3.05) is 22.6 Å². The first kappa shape index (κ1) is 13.1. The molecule has 100 valence electrons. The van der Waals surface area contributed by atoms with Crippen molar-refractivity contribution < 1.29 is 0 Å². The van der Waals surface area contributed by atoms with E-state index in [4.69, 9.17) is 11.6 Å². The number of hydrogen-bond donors (Lipinski definition) is 3. The van der Waals surface area contributed by atoms with Gasteiger partial charge in [-0.25, -0.2) is 5.84 Å². The van der Waals surface area contributed by atoms with Gasteiger partial charge in [-0.2, -0.15) is 9.97 Å². The van der Waals surface area contributed by atoms with Gasteiger partial charge in [0.2, 0.25) is 5.95 Å². The Morgan fingerprint density at radius 1 is 1.21 bits per heavy atom. The molecule has 19 heavy (non-hydrogen) atoms. The lowest BCUT2D eigenvalue weighted by atomic mass is 10.2. The molecule has 0 aliphatic rings. The van der Waals surface area contributed by atoms with Gasteiger partial charge in [-0.15, -0.1) is 0 Å². The van der Waals surface area contributed by atoms with Crippen LogP contribution >= 0.6 is 0 Å². The quantitative estimate of drug-likeness (QED) is 0.572. The molecule has 0 saturated heterocycles. The van der Waals surface area contributed by atoms with Crippen molar-refractivity contribution in [3.8, 4) is 0 Å². The van der Waals surface area contributed by atoms with Crippen LogP contribution < -0.4 is 21.9 Å². The van der Waals surface area contributed by atoms with Crippen LogP contribution in [0.2, 0.25) is 0 Å². The Morgan fingerprint density at radius 3 is 2.47 bits per heavy atom. The number of anilines is 4. The number of nitrogens with two attached hydrogens (primary N) is 2. The Labute approximate surface area is 112 Å². The monoisotopic (exact) mass is 258 g/mol. The number of hydrazine groups is 1. The van der Waals surface area contributed by atoms with Crippen LogP contribution in [0.5, 0.6) is 0 Å². The molecule has 0 saturated carbocycles. The highest BCUT2D eigenvalue weighted by molar-refractivity contribution is 5.63. The largest absolute Gasteiger partial charge is 0.368 e. The van der Waals surface area contributed by atoms with E-state index in [1.807, 2.05) is 24.0 Å². The predicted molar refractivity (Wildman–Crippen MR) is 78.1 cm³/mol. The van der Waals surface area contributed by atoms with Crippen LogP contribution in [0.4, 0.5) is 23.3 Å². The lowest BCUT2D eigenvalue weighted by Crippen LogP contribution is -2.19. The Hall–Kier alpha value is -2.34. The minimum Gasteiger partial charge on any atom is -0.368 e. The van der Waals surface area contributed by atoms with Gasteiger partial charge in [-0.1, -0.05) is 17.7 Å². The Bertz CT molecular complexity index is 552. The maximum atomic E-state index is 5.69. The van der Waals surface area contributed by atoms with Crippen LogP contribution in [0.25, 0.3) is 0 Å². The molecule has 0 spiro atoms. The normalized spacial score (nSPS) is 10.3. The average molecular weight is 258 g/mol. The Balaban J connectivity index is 2.41. The first-order valence-electron chi connectivity index (χ1n) is 6.09. The number of aryl methyl sites for hydroxylation is 1. The van der Waals surface area contributed by atoms with Gasteiger partial charge in [-0.3, -0.25) is 0 Å². The zero-order valence-corrected chi connectivity index (χ0v) is 11.1. The van der Waals surface area contributed by atoms with E-state index in [0.29, 0.717) is 11.6 Å². The lowest BCUT2D eigenvalue weighted by Gasteiger charge is -2.22. The van der Waals surface area contributed by atoms with Crippen LogP contribution in [-0.4, -0.2) is 16.5 Å². The third-order valence-corrected chi connectivity index (χ3v) is 2.82. The van der Waals surface area contributed by atoms with Crippen molar-refractivity contribution >= 4 is 23.3 Å². The highest BCUT2D eigenvalue weighted by Crippen LogP contribution is 2.25. The first-order chi connectivity index (χ1) is 9.13. The Morgan fingerprint density at radius 2 is 1.89 bits per heavy atom. The van der Waals surface area contributed by atoms with E-state index in [9.17, 15) is 0 Å². The molecule has 0 atom stereocenters. The molecule has 0 amide bonds. The SMILES string of the molecule is CCN(c1ccc(C)cc1)c1cc(NN)nc(N)n1. The number of hydrogen-bond acceptors (Lipinski definition) is 6. The molecular weight excluding hydrogens is 240 g/mol. The molecule has 6 nitrogen and oxygen atoms in total. The minimum atomic E-state index is 0.191. The summed E-state index contributed by atoms with van der Waals surface area (Å²) in [5.41, 5.74) is 10.4. The second-order valence-corrected chi connectivity index (χ2v) is 4.19. The van der Waals surface area contributed by atoms with Crippen molar-refractivity contribution in [2.24, 2.45) is 5.84 Å². The van der Waals surface area contributed by atoms with Gasteiger partial charge in [0.05, 0.1) is 0 Å². The molecule has 1 aromatic heterocycles. The van der Waals surface area contributed by atoms with E-state index in [1.165, 1.54) is 5.56 Å². The summed E-state index contributed by atoms with van der Waals surface area (Å²) < 4.78 is 0. The third kappa shape index (κ3) is 2.92. The molecule has 0 bridgehead atoms. The summed E-state index contributed by atoms with van der Waals surface area (Å²) >= 11 is 0. The maximum Gasteiger partial charge on any atom is 0.224 e. The number of nitrogens with zero attached hydrogens (tertiary/aromatic N) is 3. The first-order valence-corrected chi connectivity index (χ1v) is 6.09. The summed E-state index contributed by atoms with van der Waals surface area (Å²) in [4.78, 5) is 10.3. The molecule has 0 aliphatic carbocycles. The number of rotatable bonds is 4. The second kappa shape index (κ2) is 5.53. The molecule has 1 aromatic carbocycles. The van der Waals surface area contributed by atoms with E-state index < -0.39 is 0 Å². The summed E-state index contributed by atoms with van der Waals surface area (Å²) in [6.07, 6.45) is 0. The van der Waals surface area contributed by atoms with Crippen molar-refractivity contribution in [3.05, 3.63) is 35.9 Å². The zero-order valence-electron chi connectivity index (χ0n) is 11.1. The van der Waals surface area contributed by atoms with Gasteiger partial charge in [0.25, 0.3) is 0 Å². The lowest BCUT2D eigenvalue weighted by molar-refractivity contribution is 0.979. The fourth-order valence-electron chi connectivity index (χ4n) is 1.87. The van der Waals surface area contributed by atoms with Gasteiger partial charge in [0, 0.05) is 18.3 Å². The maximum absolute atomic E-state index is 5.69. The highest BCUT2D eigenvalue weighted by atomic mass is 15.3. The van der Waals surface area contributed by atoms with Gasteiger partial charge in [0.1, 0.15) is 11.6 Å². The van der Waals surface area contributed by atoms with Gasteiger partial charge in [0.15, 0.2) is 0 Å². The molecule has 2 rings (SSSR count). The second-order valence-electron chi connectivity index (χ2n) is 4.19. The molecule has 1 heterocycles. The van der Waals surface area contributed by atoms with Crippen LogP contribution in [0, 0.1) is 6.92 Å². The fourth-order valence-corrected chi connectivity index (χ4v) is 1.87. The highest BCUT2D eigenvalue weighted by Gasteiger charge is 2.11. The fraction of sp³-hybridized carbons (Fsp3) is 0.231. The molecule has 5 N–H and O–H groups in total. The minimum absolute atomic E-state index is 0.191. The summed E-state index contributed by atoms with van der Waals surface area (Å²) in [6.45, 7) is 4.87. The standard InChI is InChI=1S/C13H18N6/c1-3-19(10-6-4-9(2)5-7-10)12-8-11(18-15)16-13(14)17-12/h4-8H,3,15H2,1-2H3,(H3,14,16,17,18). The van der Waals surface area contributed by atoms with Gasteiger partial charge >= 0.3 is 0 Å². The van der Waals surface area contributed by atoms with Crippen molar-refractivity contribution in [1.82, 2.24) is 9.97 Å². The average Bonchev–Trinajstić information content (AvgIpc) is 2.41. The summed E-state index contributed by atoms with van der Waals surface area (Å²) in [7, 11) is 0. The number of aromatic nitrogens is 2. The molecule has 2 aromatic rings. The van der Waals surface area contributed by atoms with E-state index >= 15 is 0 Å². The van der Waals surface area contributed by atoms with E-state index in [2.05, 4.69) is 34.5 Å². The van der Waals surface area contributed by atoms with Crippen molar-refractivity contribution in [1.29, 1.82) is 0 Å². The number of benzene rings is 1. The number of nitrogens with one attached hydrogen (secondary N) is 1. The van der Waals surface area contributed by atoms with E-state index in [-0.39, 0.29) is 5.95 Å². The third-order valence-electron chi connectivity index (χ3n) is 2.82. The molecule has 0 fully saturated rings. The zero-order chi connectivity index (χ0) is 13.8. The van der Waals surface area contributed by atoms with Gasteiger partial charge < -0.3 is 16.1 Å².